The van der Waals surface area contributed by atoms with Crippen molar-refractivity contribution in [2.24, 2.45) is 0 Å². The summed E-state index contributed by atoms with van der Waals surface area (Å²) >= 11 is 0. The Morgan fingerprint density at radius 3 is 2.00 bits per heavy atom. The van der Waals surface area contributed by atoms with Crippen LogP contribution in [0.3, 0.4) is 0 Å². The van der Waals surface area contributed by atoms with Crippen LogP contribution in [0.15, 0.2) is 78.9 Å². The van der Waals surface area contributed by atoms with Gasteiger partial charge in [0.25, 0.3) is 0 Å². The number of carbonyl (C=O) groups excluding carboxylic acids is 1. The predicted octanol–water partition coefficient (Wildman–Crippen LogP) is 7.56. The van der Waals surface area contributed by atoms with Crippen LogP contribution in [0.1, 0.15) is 49.3 Å². The Bertz CT molecular complexity index is 1010. The second-order valence-corrected chi connectivity index (χ2v) is 7.99. The van der Waals surface area contributed by atoms with Gasteiger partial charge in [0, 0.05) is 0 Å². The third-order valence-electron chi connectivity index (χ3n) is 5.41. The lowest BCUT2D eigenvalue weighted by atomic mass is 9.89. The Hall–Kier alpha value is -3.28. The number of hydrogen-bond acceptors (Lipinski definition) is 3. The number of carbonyl (C=O) groups is 1. The van der Waals surface area contributed by atoms with Gasteiger partial charge in [-0.2, -0.15) is 13.2 Å². The molecule has 33 heavy (non-hydrogen) atoms. The monoisotopic (exact) mass is 456 g/mol. The molecule has 174 valence electrons. The zero-order valence-electron chi connectivity index (χ0n) is 18.6. The average Bonchev–Trinajstić information content (AvgIpc) is 2.79. The van der Waals surface area contributed by atoms with E-state index in [1.165, 1.54) is 12.1 Å². The van der Waals surface area contributed by atoms with E-state index in [-0.39, 0.29) is 24.4 Å². The van der Waals surface area contributed by atoms with Gasteiger partial charge in [0.15, 0.2) is 0 Å². The smallest absolute Gasteiger partial charge is 0.416 e. The number of rotatable bonds is 9. The molecule has 3 nitrogen and oxygen atoms in total. The van der Waals surface area contributed by atoms with Crippen molar-refractivity contribution in [3.8, 4) is 11.5 Å². The summed E-state index contributed by atoms with van der Waals surface area (Å²) in [7, 11) is 0. The first-order valence-electron chi connectivity index (χ1n) is 10.9. The highest BCUT2D eigenvalue weighted by molar-refractivity contribution is 5.71. The Morgan fingerprint density at radius 1 is 0.879 bits per heavy atom. The molecule has 2 atom stereocenters. The molecule has 0 aliphatic rings. The van der Waals surface area contributed by atoms with Gasteiger partial charge in [0.2, 0.25) is 0 Å². The van der Waals surface area contributed by atoms with Gasteiger partial charge >= 0.3 is 12.1 Å². The van der Waals surface area contributed by atoms with Crippen molar-refractivity contribution in [3.05, 3.63) is 95.6 Å². The normalized spacial score (nSPS) is 13.2. The minimum atomic E-state index is -4.38. The first kappa shape index (κ1) is 24.4. The quantitative estimate of drug-likeness (QED) is 0.312. The van der Waals surface area contributed by atoms with E-state index >= 15 is 0 Å². The molecule has 2 unspecified atom stereocenters. The minimum Gasteiger partial charge on any atom is -0.463 e. The van der Waals surface area contributed by atoms with Gasteiger partial charge in [-0.25, -0.2) is 0 Å². The van der Waals surface area contributed by atoms with Crippen LogP contribution in [0, 0.1) is 0 Å². The predicted molar refractivity (Wildman–Crippen MR) is 121 cm³/mol. The first-order valence-corrected chi connectivity index (χ1v) is 10.9. The fourth-order valence-corrected chi connectivity index (χ4v) is 3.42. The highest BCUT2D eigenvalue weighted by Crippen LogP contribution is 2.32. The highest BCUT2D eigenvalue weighted by atomic mass is 19.4. The fourth-order valence-electron chi connectivity index (χ4n) is 3.42. The molecule has 0 bridgehead atoms. The maximum absolute atomic E-state index is 12.7. The summed E-state index contributed by atoms with van der Waals surface area (Å²) in [5.74, 6) is 0.493. The van der Waals surface area contributed by atoms with Crippen LogP contribution >= 0.6 is 0 Å². The second-order valence-electron chi connectivity index (χ2n) is 7.99. The lowest BCUT2D eigenvalue weighted by molar-refractivity contribution is -0.148. The van der Waals surface area contributed by atoms with E-state index in [0.29, 0.717) is 17.9 Å². The van der Waals surface area contributed by atoms with Gasteiger partial charge in [-0.05, 0) is 73.2 Å². The summed E-state index contributed by atoms with van der Waals surface area (Å²) in [4.78, 5) is 12.5. The third kappa shape index (κ3) is 7.38. The van der Waals surface area contributed by atoms with Crippen LogP contribution in [0.4, 0.5) is 13.2 Å². The molecule has 0 saturated heterocycles. The van der Waals surface area contributed by atoms with Gasteiger partial charge in [-0.1, -0.05) is 49.4 Å². The van der Waals surface area contributed by atoms with Crippen LogP contribution in [-0.2, 0) is 22.1 Å². The number of benzene rings is 3. The van der Waals surface area contributed by atoms with Gasteiger partial charge in [-0.15, -0.1) is 0 Å². The van der Waals surface area contributed by atoms with Gasteiger partial charge in [0.1, 0.15) is 11.5 Å². The van der Waals surface area contributed by atoms with E-state index < -0.39 is 11.7 Å². The van der Waals surface area contributed by atoms with Crippen molar-refractivity contribution in [1.29, 1.82) is 0 Å². The summed E-state index contributed by atoms with van der Waals surface area (Å²) in [5, 5.41) is 0. The number of halogens is 3. The third-order valence-corrected chi connectivity index (χ3v) is 5.41. The molecule has 3 aromatic carbocycles. The molecule has 3 aromatic rings. The Balaban J connectivity index is 1.73. The minimum absolute atomic E-state index is 0.0796. The van der Waals surface area contributed by atoms with Crippen LogP contribution in [0.5, 0.6) is 11.5 Å². The van der Waals surface area contributed by atoms with Crippen LogP contribution in [0.2, 0.25) is 0 Å². The van der Waals surface area contributed by atoms with Crippen molar-refractivity contribution in [3.63, 3.8) is 0 Å². The molecule has 0 radical (unpaired) electrons. The Labute approximate surface area is 192 Å². The lowest BCUT2D eigenvalue weighted by Crippen LogP contribution is -2.17. The molecule has 0 amide bonds. The van der Waals surface area contributed by atoms with Gasteiger partial charge in [0.05, 0.1) is 18.1 Å². The molecule has 0 N–H and O–H groups in total. The number of esters is 1. The Kier molecular flexibility index (Phi) is 8.15. The van der Waals surface area contributed by atoms with Crippen molar-refractivity contribution < 1.29 is 27.4 Å². The van der Waals surface area contributed by atoms with E-state index in [2.05, 4.69) is 0 Å². The zero-order valence-corrected chi connectivity index (χ0v) is 18.6. The first-order chi connectivity index (χ1) is 15.7. The van der Waals surface area contributed by atoms with E-state index in [9.17, 15) is 18.0 Å². The summed E-state index contributed by atoms with van der Waals surface area (Å²) in [6.45, 7) is 3.84. The molecule has 0 spiro atoms. The van der Waals surface area contributed by atoms with Gasteiger partial charge in [-0.3, -0.25) is 4.79 Å². The van der Waals surface area contributed by atoms with Crippen molar-refractivity contribution in [2.75, 3.05) is 0 Å². The van der Waals surface area contributed by atoms with E-state index in [0.717, 1.165) is 29.7 Å². The number of alkyl halides is 3. The summed E-state index contributed by atoms with van der Waals surface area (Å²) in [5.41, 5.74) is 1.35. The van der Waals surface area contributed by atoms with E-state index in [1.54, 1.807) is 12.1 Å². The molecule has 3 rings (SSSR count). The fraction of sp³-hybridized carbons (Fsp3) is 0.296. The number of hydrogen-bond donors (Lipinski definition) is 0. The molecular weight excluding hydrogens is 429 g/mol. The SMILES string of the molecule is CCC(C)OC(=O)CC(Cc1ccccc1)c1ccc(Oc2ccc(C(F)(F)F)cc2)cc1. The van der Waals surface area contributed by atoms with E-state index in [1.807, 2.05) is 56.3 Å². The van der Waals surface area contributed by atoms with Crippen molar-refractivity contribution in [2.45, 2.75) is 51.3 Å². The molecule has 0 aromatic heterocycles. The maximum Gasteiger partial charge on any atom is 0.416 e. The second kappa shape index (κ2) is 11.0. The van der Waals surface area contributed by atoms with Crippen molar-refractivity contribution in [1.82, 2.24) is 0 Å². The molecule has 0 aliphatic carbocycles. The summed E-state index contributed by atoms with van der Waals surface area (Å²) in [6.07, 6.45) is -2.84. The molecule has 0 fully saturated rings. The van der Waals surface area contributed by atoms with E-state index in [4.69, 9.17) is 9.47 Å². The maximum atomic E-state index is 12.7. The molecule has 0 heterocycles. The summed E-state index contributed by atoms with van der Waals surface area (Å²) in [6, 6.07) is 21.7. The standard InChI is InChI=1S/C27H27F3O3/c1-3-19(2)32-26(31)18-22(17-20-7-5-4-6-8-20)21-9-13-24(14-10-21)33-25-15-11-23(12-16-25)27(28,29)30/h4-16,19,22H,3,17-18H2,1-2H3. The van der Waals surface area contributed by atoms with Crippen LogP contribution in [0.25, 0.3) is 0 Å². The number of ether oxygens (including phenoxy) is 2. The van der Waals surface area contributed by atoms with Gasteiger partial charge < -0.3 is 9.47 Å². The lowest BCUT2D eigenvalue weighted by Gasteiger charge is -2.19. The Morgan fingerprint density at radius 2 is 1.45 bits per heavy atom. The topological polar surface area (TPSA) is 35.5 Å². The highest BCUT2D eigenvalue weighted by Gasteiger charge is 2.30. The molecule has 6 heteroatoms. The van der Waals surface area contributed by atoms with Crippen molar-refractivity contribution >= 4 is 5.97 Å². The van der Waals surface area contributed by atoms with Crippen LogP contribution < -0.4 is 4.74 Å². The summed E-state index contributed by atoms with van der Waals surface area (Å²) < 4.78 is 49.4. The molecular formula is C27H27F3O3. The molecule has 0 saturated carbocycles. The average molecular weight is 457 g/mol. The largest absolute Gasteiger partial charge is 0.463 e. The zero-order chi connectivity index (χ0) is 23.8. The molecule has 0 aliphatic heterocycles. The van der Waals surface area contributed by atoms with Crippen LogP contribution in [-0.4, -0.2) is 12.1 Å².